The van der Waals surface area contributed by atoms with Crippen LogP contribution in [0.2, 0.25) is 0 Å². The van der Waals surface area contributed by atoms with Crippen molar-refractivity contribution < 1.29 is 29.3 Å². The number of aromatic hydroxyl groups is 2. The molecule has 0 unspecified atom stereocenters. The van der Waals surface area contributed by atoms with Crippen molar-refractivity contribution in [3.63, 3.8) is 0 Å². The fourth-order valence-corrected chi connectivity index (χ4v) is 2.17. The van der Waals surface area contributed by atoms with Crippen molar-refractivity contribution in [1.29, 1.82) is 0 Å². The predicted molar refractivity (Wildman–Crippen MR) is 102 cm³/mol. The molecule has 0 radical (unpaired) electrons. The molecule has 0 saturated heterocycles. The molecule has 0 aliphatic carbocycles. The van der Waals surface area contributed by atoms with E-state index in [1.54, 1.807) is 43.3 Å². The van der Waals surface area contributed by atoms with E-state index in [-0.39, 0.29) is 29.6 Å². The highest BCUT2D eigenvalue weighted by Crippen LogP contribution is 2.26. The van der Waals surface area contributed by atoms with Gasteiger partial charge in [-0.25, -0.2) is 4.79 Å². The molecule has 2 aromatic rings. The van der Waals surface area contributed by atoms with Crippen LogP contribution in [0.25, 0.3) is 12.2 Å². The van der Waals surface area contributed by atoms with Crippen molar-refractivity contribution in [2.24, 2.45) is 0 Å². The third-order valence-corrected chi connectivity index (χ3v) is 3.65. The monoisotopic (exact) mass is 368 g/mol. The van der Waals surface area contributed by atoms with E-state index in [2.05, 4.69) is 0 Å². The van der Waals surface area contributed by atoms with Gasteiger partial charge in [0.05, 0.1) is 7.11 Å². The highest BCUT2D eigenvalue weighted by Gasteiger charge is 2.04. The van der Waals surface area contributed by atoms with Crippen LogP contribution in [0.1, 0.15) is 16.7 Å². The molecular formula is C21H20O6. The number of methoxy groups -OCH3 is 1. The molecule has 0 aliphatic rings. The third kappa shape index (κ3) is 6.04. The number of ether oxygens (including phenoxy) is 2. The zero-order chi connectivity index (χ0) is 19.8. The smallest absolute Gasteiger partial charge is 0.331 e. The summed E-state index contributed by atoms with van der Waals surface area (Å²) in [7, 11) is 1.43. The van der Waals surface area contributed by atoms with Crippen LogP contribution in [-0.4, -0.2) is 35.7 Å². The lowest BCUT2D eigenvalue weighted by Gasteiger charge is -2.03. The van der Waals surface area contributed by atoms with Gasteiger partial charge in [-0.1, -0.05) is 18.2 Å². The minimum Gasteiger partial charge on any atom is -0.508 e. The Kier molecular flexibility index (Phi) is 6.77. The highest BCUT2D eigenvalue weighted by atomic mass is 16.5. The molecule has 0 atom stereocenters. The van der Waals surface area contributed by atoms with Crippen LogP contribution in [0.5, 0.6) is 17.2 Å². The quantitative estimate of drug-likeness (QED) is 0.576. The number of esters is 1. The van der Waals surface area contributed by atoms with Crippen molar-refractivity contribution in [3.8, 4) is 17.2 Å². The molecule has 2 aromatic carbocycles. The number of phenols is 2. The molecule has 6 nitrogen and oxygen atoms in total. The molecule has 0 bridgehead atoms. The number of carbonyl (C=O) groups is 2. The van der Waals surface area contributed by atoms with Gasteiger partial charge in [0.1, 0.15) is 5.75 Å². The molecule has 0 saturated carbocycles. The van der Waals surface area contributed by atoms with Crippen LogP contribution in [0.4, 0.5) is 0 Å². The molecule has 0 amide bonds. The average Bonchev–Trinajstić information content (AvgIpc) is 2.66. The maximum atomic E-state index is 11.8. The Morgan fingerprint density at radius 3 is 2.26 bits per heavy atom. The minimum atomic E-state index is -0.663. The van der Waals surface area contributed by atoms with Gasteiger partial charge >= 0.3 is 5.97 Å². The zero-order valence-electron chi connectivity index (χ0n) is 15.0. The van der Waals surface area contributed by atoms with E-state index in [1.807, 2.05) is 0 Å². The summed E-state index contributed by atoms with van der Waals surface area (Å²) in [6.45, 7) is 1.38. The summed E-state index contributed by atoms with van der Waals surface area (Å²) in [5.41, 5.74) is 2.09. The first kappa shape index (κ1) is 19.8. The van der Waals surface area contributed by atoms with Gasteiger partial charge in [-0.3, -0.25) is 4.79 Å². The van der Waals surface area contributed by atoms with E-state index in [0.29, 0.717) is 11.1 Å². The van der Waals surface area contributed by atoms with Crippen LogP contribution in [0, 0.1) is 6.92 Å². The van der Waals surface area contributed by atoms with Crippen molar-refractivity contribution in [3.05, 3.63) is 65.2 Å². The molecule has 6 heteroatoms. The average molecular weight is 368 g/mol. The van der Waals surface area contributed by atoms with Gasteiger partial charge in [0.2, 0.25) is 0 Å². The maximum Gasteiger partial charge on any atom is 0.331 e. The summed E-state index contributed by atoms with van der Waals surface area (Å²) >= 11 is 0. The Hall–Kier alpha value is -3.54. The molecule has 0 aliphatic heterocycles. The molecule has 2 N–H and O–H groups in total. The van der Waals surface area contributed by atoms with Crippen LogP contribution >= 0.6 is 0 Å². The molecule has 0 fully saturated rings. The van der Waals surface area contributed by atoms with Gasteiger partial charge in [0.15, 0.2) is 23.9 Å². The van der Waals surface area contributed by atoms with Gasteiger partial charge in [-0.05, 0) is 60.0 Å². The first-order chi connectivity index (χ1) is 12.9. The number of ketones is 1. The summed E-state index contributed by atoms with van der Waals surface area (Å²) in [6, 6.07) is 9.57. The Morgan fingerprint density at radius 1 is 0.963 bits per heavy atom. The Bertz CT molecular complexity index is 896. The largest absolute Gasteiger partial charge is 0.508 e. The van der Waals surface area contributed by atoms with Crippen LogP contribution in [0.3, 0.4) is 0 Å². The predicted octanol–water partition coefficient (Wildman–Crippen LogP) is 3.25. The van der Waals surface area contributed by atoms with Gasteiger partial charge in [-0.15, -0.1) is 0 Å². The van der Waals surface area contributed by atoms with Crippen molar-refractivity contribution >= 4 is 23.9 Å². The van der Waals surface area contributed by atoms with E-state index in [4.69, 9.17) is 9.47 Å². The van der Waals surface area contributed by atoms with E-state index >= 15 is 0 Å². The lowest BCUT2D eigenvalue weighted by molar-refractivity contribution is -0.141. The molecular weight excluding hydrogens is 348 g/mol. The SMILES string of the molecule is COc1cc(/C=C/C(=O)OCC(=O)/C=C/c2ccc(O)c(C)c2)ccc1O. The number of aryl methyl sites for hydroxylation is 1. The van der Waals surface area contributed by atoms with Gasteiger partial charge in [0, 0.05) is 6.08 Å². The fraction of sp³-hybridized carbons (Fsp3) is 0.143. The summed E-state index contributed by atoms with van der Waals surface area (Å²) in [4.78, 5) is 23.5. The minimum absolute atomic E-state index is 0.00145. The molecule has 27 heavy (non-hydrogen) atoms. The van der Waals surface area contributed by atoms with Gasteiger partial charge < -0.3 is 19.7 Å². The number of benzene rings is 2. The molecule has 0 heterocycles. The number of carbonyl (C=O) groups excluding carboxylic acids is 2. The van der Waals surface area contributed by atoms with E-state index in [1.165, 1.54) is 31.4 Å². The Morgan fingerprint density at radius 2 is 1.59 bits per heavy atom. The van der Waals surface area contributed by atoms with Gasteiger partial charge in [0.25, 0.3) is 0 Å². The van der Waals surface area contributed by atoms with Crippen molar-refractivity contribution in [2.75, 3.05) is 13.7 Å². The Balaban J connectivity index is 1.86. The lowest BCUT2D eigenvalue weighted by atomic mass is 10.1. The molecule has 140 valence electrons. The summed E-state index contributed by atoms with van der Waals surface area (Å²) < 4.78 is 9.87. The second kappa shape index (κ2) is 9.24. The van der Waals surface area contributed by atoms with Crippen LogP contribution in [-0.2, 0) is 14.3 Å². The number of hydrogen-bond acceptors (Lipinski definition) is 6. The first-order valence-electron chi connectivity index (χ1n) is 8.11. The summed E-state index contributed by atoms with van der Waals surface area (Å²) in [5, 5.41) is 19.0. The highest BCUT2D eigenvalue weighted by molar-refractivity contribution is 5.96. The summed E-state index contributed by atoms with van der Waals surface area (Å²) in [6.07, 6.45) is 5.57. The second-order valence-corrected chi connectivity index (χ2v) is 5.72. The standard InChI is InChI=1S/C21H20O6/c1-14-11-15(4-8-18(14)23)3-7-17(22)13-27-21(25)10-6-16-5-9-19(24)20(12-16)26-2/h3-12,23-24H,13H2,1-2H3/b7-3+,10-6+. The molecule has 2 rings (SSSR count). The fourth-order valence-electron chi connectivity index (χ4n) is 2.17. The van der Waals surface area contributed by atoms with Crippen LogP contribution < -0.4 is 4.74 Å². The number of hydrogen-bond donors (Lipinski definition) is 2. The Labute approximate surface area is 157 Å². The number of phenolic OH excluding ortho intramolecular Hbond substituents is 2. The zero-order valence-corrected chi connectivity index (χ0v) is 15.0. The third-order valence-electron chi connectivity index (χ3n) is 3.65. The number of rotatable bonds is 7. The maximum absolute atomic E-state index is 11.8. The second-order valence-electron chi connectivity index (χ2n) is 5.72. The normalized spacial score (nSPS) is 11.0. The van der Waals surface area contributed by atoms with E-state index in [0.717, 1.165) is 5.56 Å². The summed E-state index contributed by atoms with van der Waals surface area (Å²) in [5.74, 6) is -0.558. The molecule has 0 aromatic heterocycles. The van der Waals surface area contributed by atoms with E-state index in [9.17, 15) is 19.8 Å². The lowest BCUT2D eigenvalue weighted by Crippen LogP contribution is -2.09. The van der Waals surface area contributed by atoms with E-state index < -0.39 is 5.97 Å². The van der Waals surface area contributed by atoms with Crippen molar-refractivity contribution in [1.82, 2.24) is 0 Å². The molecule has 0 spiro atoms. The topological polar surface area (TPSA) is 93.1 Å². The van der Waals surface area contributed by atoms with Gasteiger partial charge in [-0.2, -0.15) is 0 Å². The van der Waals surface area contributed by atoms with Crippen molar-refractivity contribution in [2.45, 2.75) is 6.92 Å². The van der Waals surface area contributed by atoms with Crippen LogP contribution in [0.15, 0.2) is 48.6 Å². The first-order valence-corrected chi connectivity index (χ1v) is 8.11.